The molecule has 2 heterocycles. The smallest absolute Gasteiger partial charge is 0.303 e. The number of carbonyl (C=O) groups excluding carboxylic acids is 5. The predicted molar refractivity (Wildman–Crippen MR) is 157 cm³/mol. The third-order valence-electron chi connectivity index (χ3n) is 6.79. The van der Waals surface area contributed by atoms with Crippen LogP contribution in [0.3, 0.4) is 0 Å². The molecule has 13 nitrogen and oxygen atoms in total. The maximum absolute atomic E-state index is 12.2. The second kappa shape index (κ2) is 14.7. The van der Waals surface area contributed by atoms with Gasteiger partial charge < -0.3 is 38.2 Å². The summed E-state index contributed by atoms with van der Waals surface area (Å²) in [6, 6.07) is 12.6. The van der Waals surface area contributed by atoms with Gasteiger partial charge in [0.1, 0.15) is 24.0 Å². The summed E-state index contributed by atoms with van der Waals surface area (Å²) in [5.41, 5.74) is 3.06. The Labute approximate surface area is 259 Å². The molecule has 1 aliphatic rings. The predicted octanol–water partition coefficient (Wildman–Crippen LogP) is 3.64. The molecule has 1 fully saturated rings. The van der Waals surface area contributed by atoms with Crippen LogP contribution in [0.1, 0.15) is 45.7 Å². The van der Waals surface area contributed by atoms with E-state index in [1.807, 2.05) is 24.3 Å². The number of benzene rings is 2. The van der Waals surface area contributed by atoms with Crippen molar-refractivity contribution < 1.29 is 56.8 Å². The number of ether oxygens (including phenoxy) is 6. The summed E-state index contributed by atoms with van der Waals surface area (Å²) in [5.74, 6) is -2.67. The first kappa shape index (κ1) is 33.0. The van der Waals surface area contributed by atoms with E-state index < -0.39 is 54.6 Å². The molecule has 1 aliphatic heterocycles. The molecule has 0 saturated carbocycles. The fraction of sp³-hybridized carbons (Fsp3) is 0.406. The van der Waals surface area contributed by atoms with E-state index >= 15 is 0 Å². The van der Waals surface area contributed by atoms with Gasteiger partial charge in [-0.05, 0) is 42.7 Å². The number of nitrogens with one attached hydrogen (secondary N) is 1. The van der Waals surface area contributed by atoms with E-state index in [0.29, 0.717) is 35.2 Å². The molecule has 0 spiro atoms. The van der Waals surface area contributed by atoms with Crippen molar-refractivity contribution in [3.63, 3.8) is 0 Å². The minimum Gasteiger partial charge on any atom is -0.464 e. The Morgan fingerprint density at radius 3 is 2.02 bits per heavy atom. The maximum Gasteiger partial charge on any atom is 0.303 e. The molecule has 2 aromatic carbocycles. The molecule has 5 atom stereocenters. The summed E-state index contributed by atoms with van der Waals surface area (Å²) < 4.78 is 39.8. The lowest BCUT2D eigenvalue weighted by Gasteiger charge is -2.44. The fourth-order valence-corrected chi connectivity index (χ4v) is 5.05. The zero-order chi connectivity index (χ0) is 32.7. The van der Waals surface area contributed by atoms with Crippen LogP contribution in [-0.2, 0) is 60.5 Å². The topological polar surface area (TPSA) is 166 Å². The second-order valence-electron chi connectivity index (χ2n) is 10.5. The number of fused-ring (bicyclic) bond motifs is 1. The van der Waals surface area contributed by atoms with Crippen LogP contribution in [0.5, 0.6) is 5.75 Å². The number of esters is 4. The van der Waals surface area contributed by atoms with E-state index in [0.717, 1.165) is 31.9 Å². The standard InChI is InChI=1S/C32H35NO12/c1-17(34)33-24-13-10-22(11-14-24)9-12-23-15-40-25-7-6-8-26(28(23)25)44-32-31(43-21(5)38)30(42-20(4)37)29(41-19(3)36)27(45-32)16-39-18(2)35/h6-8,10-11,13-15,27,29-32H,9,12,16H2,1-5H3,(H,33,34)/t27-,29-,30+,31-,32-/m1/s1. The number of hydrogen-bond donors (Lipinski definition) is 1. The average molecular weight is 626 g/mol. The van der Waals surface area contributed by atoms with Crippen LogP contribution in [0.25, 0.3) is 11.0 Å². The van der Waals surface area contributed by atoms with Gasteiger partial charge in [-0.1, -0.05) is 18.2 Å². The van der Waals surface area contributed by atoms with E-state index in [2.05, 4.69) is 5.32 Å². The van der Waals surface area contributed by atoms with Gasteiger partial charge >= 0.3 is 23.9 Å². The minimum absolute atomic E-state index is 0.156. The molecule has 1 N–H and O–H groups in total. The summed E-state index contributed by atoms with van der Waals surface area (Å²) in [6.07, 6.45) is -3.75. The number of aryl methyl sites for hydroxylation is 2. The molecular formula is C32H35NO12. The maximum atomic E-state index is 12.2. The van der Waals surface area contributed by atoms with Crippen molar-refractivity contribution in [2.45, 2.75) is 78.2 Å². The quantitative estimate of drug-likeness (QED) is 0.243. The first-order valence-corrected chi connectivity index (χ1v) is 14.2. The van der Waals surface area contributed by atoms with Gasteiger partial charge in [-0.25, -0.2) is 0 Å². The highest BCUT2D eigenvalue weighted by atomic mass is 16.7. The number of carbonyl (C=O) groups is 5. The number of hydrogen-bond acceptors (Lipinski definition) is 12. The summed E-state index contributed by atoms with van der Waals surface area (Å²) in [4.78, 5) is 59.3. The van der Waals surface area contributed by atoms with Crippen molar-refractivity contribution >= 4 is 46.4 Å². The van der Waals surface area contributed by atoms with E-state index in [1.165, 1.54) is 13.8 Å². The van der Waals surface area contributed by atoms with Gasteiger partial charge in [-0.3, -0.25) is 24.0 Å². The number of anilines is 1. The molecule has 0 radical (unpaired) electrons. The molecule has 240 valence electrons. The van der Waals surface area contributed by atoms with Crippen molar-refractivity contribution in [1.29, 1.82) is 0 Å². The molecule has 13 heteroatoms. The largest absolute Gasteiger partial charge is 0.464 e. The molecule has 0 bridgehead atoms. The summed E-state index contributed by atoms with van der Waals surface area (Å²) in [6.45, 7) is 5.72. The van der Waals surface area contributed by atoms with Crippen molar-refractivity contribution in [3.05, 3.63) is 59.9 Å². The van der Waals surface area contributed by atoms with Gasteiger partial charge in [-0.15, -0.1) is 0 Å². The van der Waals surface area contributed by atoms with E-state index in [-0.39, 0.29) is 12.5 Å². The van der Waals surface area contributed by atoms with E-state index in [4.69, 9.17) is 32.8 Å². The molecule has 45 heavy (non-hydrogen) atoms. The van der Waals surface area contributed by atoms with E-state index in [1.54, 1.807) is 24.5 Å². The minimum atomic E-state index is -1.39. The summed E-state index contributed by atoms with van der Waals surface area (Å²) in [7, 11) is 0. The number of furan rings is 1. The van der Waals surface area contributed by atoms with Gasteiger partial charge in [0.2, 0.25) is 18.3 Å². The number of amides is 1. The van der Waals surface area contributed by atoms with Gasteiger partial charge in [0.05, 0.1) is 11.6 Å². The molecule has 3 aromatic rings. The zero-order valence-electron chi connectivity index (χ0n) is 25.5. The van der Waals surface area contributed by atoms with Gasteiger partial charge in [0.25, 0.3) is 0 Å². The normalized spacial score (nSPS) is 21.0. The first-order valence-electron chi connectivity index (χ1n) is 14.2. The first-order chi connectivity index (χ1) is 21.4. The molecular weight excluding hydrogens is 590 g/mol. The Balaban J connectivity index is 1.65. The van der Waals surface area contributed by atoms with Crippen LogP contribution in [0.15, 0.2) is 53.1 Å². The Hall–Kier alpha value is -4.91. The molecule has 0 aliphatic carbocycles. The lowest BCUT2D eigenvalue weighted by atomic mass is 9.98. The third-order valence-corrected chi connectivity index (χ3v) is 6.79. The van der Waals surface area contributed by atoms with E-state index in [9.17, 15) is 24.0 Å². The third kappa shape index (κ3) is 8.82. The lowest BCUT2D eigenvalue weighted by Crippen LogP contribution is -2.63. The molecule has 0 unspecified atom stereocenters. The molecule has 1 aromatic heterocycles. The summed E-state index contributed by atoms with van der Waals surface area (Å²) >= 11 is 0. The Morgan fingerprint density at radius 2 is 1.40 bits per heavy atom. The van der Waals surface area contributed by atoms with Gasteiger partial charge in [0.15, 0.2) is 12.2 Å². The molecule has 1 saturated heterocycles. The van der Waals surface area contributed by atoms with Crippen LogP contribution in [0.4, 0.5) is 5.69 Å². The fourth-order valence-electron chi connectivity index (χ4n) is 5.05. The van der Waals surface area contributed by atoms with Crippen LogP contribution in [-0.4, -0.2) is 67.1 Å². The van der Waals surface area contributed by atoms with Crippen molar-refractivity contribution in [2.24, 2.45) is 0 Å². The average Bonchev–Trinajstić information content (AvgIpc) is 3.38. The number of rotatable bonds is 11. The van der Waals surface area contributed by atoms with Crippen LogP contribution in [0, 0.1) is 0 Å². The van der Waals surface area contributed by atoms with Gasteiger partial charge in [0, 0.05) is 45.9 Å². The van der Waals surface area contributed by atoms with Gasteiger partial charge in [-0.2, -0.15) is 0 Å². The molecule has 4 rings (SSSR count). The Bertz CT molecular complexity index is 1550. The zero-order valence-corrected chi connectivity index (χ0v) is 25.5. The lowest BCUT2D eigenvalue weighted by molar-refractivity contribution is -0.288. The van der Waals surface area contributed by atoms with Crippen LogP contribution in [0.2, 0.25) is 0 Å². The van der Waals surface area contributed by atoms with Crippen molar-refractivity contribution in [1.82, 2.24) is 0 Å². The highest BCUT2D eigenvalue weighted by molar-refractivity contribution is 5.89. The highest BCUT2D eigenvalue weighted by Gasteiger charge is 2.53. The Morgan fingerprint density at radius 1 is 0.756 bits per heavy atom. The van der Waals surface area contributed by atoms with Crippen molar-refractivity contribution in [2.75, 3.05) is 11.9 Å². The van der Waals surface area contributed by atoms with Crippen molar-refractivity contribution in [3.8, 4) is 5.75 Å². The summed E-state index contributed by atoms with van der Waals surface area (Å²) in [5, 5.41) is 3.38. The monoisotopic (exact) mass is 625 g/mol. The second-order valence-corrected chi connectivity index (χ2v) is 10.5. The van der Waals surface area contributed by atoms with Crippen LogP contribution >= 0.6 is 0 Å². The molecule has 1 amide bonds. The Kier molecular flexibility index (Phi) is 10.8. The SMILES string of the molecule is CC(=O)Nc1ccc(CCc2coc3cccc(O[C@@H]4O[C@H](COC(C)=O)[C@@H](OC(C)=O)[C@H](OC(C)=O)[C@H]4OC(C)=O)c23)cc1. The van der Waals surface area contributed by atoms with Crippen LogP contribution < -0.4 is 10.1 Å². The highest BCUT2D eigenvalue weighted by Crippen LogP contribution is 2.36.